The fraction of sp³-hybridized carbons (Fsp3) is 0.524. The van der Waals surface area contributed by atoms with Crippen LogP contribution in [0.15, 0.2) is 35.7 Å². The molecule has 0 spiro atoms. The number of piperazine rings is 1. The zero-order chi connectivity index (χ0) is 19.2. The first-order valence-electron chi connectivity index (χ1n) is 10.1. The predicted molar refractivity (Wildman–Crippen MR) is 110 cm³/mol. The average Bonchev–Trinajstić information content (AvgIpc) is 3.41. The lowest BCUT2D eigenvalue weighted by Gasteiger charge is -2.34. The molecule has 2 aromatic rings. The van der Waals surface area contributed by atoms with E-state index in [0.717, 1.165) is 63.7 Å². The normalized spacial score (nSPS) is 21.1. The fourth-order valence-electron chi connectivity index (χ4n) is 3.73. The molecule has 6 nitrogen and oxygen atoms in total. The monoisotopic (exact) mass is 400 g/mol. The van der Waals surface area contributed by atoms with E-state index in [0.29, 0.717) is 12.2 Å². The highest BCUT2D eigenvalue weighted by Crippen LogP contribution is 2.16. The Morgan fingerprint density at radius 3 is 2.61 bits per heavy atom. The van der Waals surface area contributed by atoms with Crippen molar-refractivity contribution >= 4 is 17.2 Å². The molecule has 1 atom stereocenters. The molecule has 28 heavy (non-hydrogen) atoms. The van der Waals surface area contributed by atoms with E-state index < -0.39 is 0 Å². The van der Waals surface area contributed by atoms with Gasteiger partial charge < -0.3 is 10.1 Å². The maximum Gasteiger partial charge on any atom is 0.270 e. The molecule has 0 saturated carbocycles. The molecular formula is C21H28N4O2S. The van der Waals surface area contributed by atoms with Crippen LogP contribution in [0.5, 0.6) is 0 Å². The SMILES string of the molecule is O=C(NCC1CCCO1)c1csc(CN2CCN(Cc3ccccc3)CC2)n1. The Hall–Kier alpha value is -1.80. The van der Waals surface area contributed by atoms with Gasteiger partial charge in [-0.05, 0) is 18.4 Å². The first kappa shape index (κ1) is 19.5. The van der Waals surface area contributed by atoms with Crippen molar-refractivity contribution in [3.05, 3.63) is 52.0 Å². The number of benzene rings is 1. The van der Waals surface area contributed by atoms with Gasteiger partial charge >= 0.3 is 0 Å². The van der Waals surface area contributed by atoms with E-state index >= 15 is 0 Å². The van der Waals surface area contributed by atoms with Crippen molar-refractivity contribution in [1.29, 1.82) is 0 Å². The van der Waals surface area contributed by atoms with E-state index in [1.807, 2.05) is 5.38 Å². The number of aromatic nitrogens is 1. The van der Waals surface area contributed by atoms with Crippen LogP contribution in [-0.2, 0) is 17.8 Å². The molecule has 1 N–H and O–H groups in total. The van der Waals surface area contributed by atoms with Crippen molar-refractivity contribution < 1.29 is 9.53 Å². The van der Waals surface area contributed by atoms with E-state index in [1.54, 1.807) is 11.3 Å². The highest BCUT2D eigenvalue weighted by atomic mass is 32.1. The highest BCUT2D eigenvalue weighted by molar-refractivity contribution is 7.09. The van der Waals surface area contributed by atoms with Gasteiger partial charge in [0.1, 0.15) is 10.7 Å². The average molecular weight is 401 g/mol. The summed E-state index contributed by atoms with van der Waals surface area (Å²) < 4.78 is 5.55. The maximum atomic E-state index is 12.3. The van der Waals surface area contributed by atoms with Gasteiger partial charge in [0.25, 0.3) is 5.91 Å². The number of hydrogen-bond donors (Lipinski definition) is 1. The van der Waals surface area contributed by atoms with Crippen LogP contribution < -0.4 is 5.32 Å². The summed E-state index contributed by atoms with van der Waals surface area (Å²) in [5.74, 6) is -0.0920. The summed E-state index contributed by atoms with van der Waals surface area (Å²) in [5, 5.41) is 5.83. The summed E-state index contributed by atoms with van der Waals surface area (Å²) in [6, 6.07) is 10.6. The van der Waals surface area contributed by atoms with E-state index in [9.17, 15) is 4.79 Å². The lowest BCUT2D eigenvalue weighted by atomic mass is 10.2. The molecule has 2 aliphatic heterocycles. The number of ether oxygens (including phenoxy) is 1. The number of carbonyl (C=O) groups is 1. The van der Waals surface area contributed by atoms with Gasteiger partial charge in [0, 0.05) is 51.3 Å². The number of nitrogens with one attached hydrogen (secondary N) is 1. The van der Waals surface area contributed by atoms with Gasteiger partial charge in [-0.1, -0.05) is 30.3 Å². The molecule has 2 aliphatic rings. The van der Waals surface area contributed by atoms with Gasteiger partial charge in [-0.2, -0.15) is 0 Å². The number of thiazole rings is 1. The maximum absolute atomic E-state index is 12.3. The minimum Gasteiger partial charge on any atom is -0.376 e. The van der Waals surface area contributed by atoms with Crippen LogP contribution in [0.2, 0.25) is 0 Å². The molecule has 1 aromatic heterocycles. The quantitative estimate of drug-likeness (QED) is 0.773. The van der Waals surface area contributed by atoms with Crippen LogP contribution in [0.25, 0.3) is 0 Å². The molecule has 1 amide bonds. The lowest BCUT2D eigenvalue weighted by molar-refractivity contribution is 0.0853. The molecular weight excluding hydrogens is 372 g/mol. The van der Waals surface area contributed by atoms with Gasteiger partial charge in [-0.15, -0.1) is 11.3 Å². The molecule has 2 fully saturated rings. The van der Waals surface area contributed by atoms with Crippen LogP contribution in [0.3, 0.4) is 0 Å². The highest BCUT2D eigenvalue weighted by Gasteiger charge is 2.20. The van der Waals surface area contributed by atoms with Gasteiger partial charge in [0.05, 0.1) is 12.6 Å². The molecule has 1 aromatic carbocycles. The molecule has 0 bridgehead atoms. The van der Waals surface area contributed by atoms with Gasteiger partial charge in [-0.25, -0.2) is 4.98 Å². The molecule has 2 saturated heterocycles. The van der Waals surface area contributed by atoms with Crippen LogP contribution in [0.1, 0.15) is 33.9 Å². The summed E-state index contributed by atoms with van der Waals surface area (Å²) >= 11 is 1.57. The Kier molecular flexibility index (Phi) is 6.69. The predicted octanol–water partition coefficient (Wildman–Crippen LogP) is 2.37. The Labute approximate surface area is 170 Å². The zero-order valence-electron chi connectivity index (χ0n) is 16.2. The van der Waals surface area contributed by atoms with E-state index in [4.69, 9.17) is 4.74 Å². The second kappa shape index (κ2) is 9.60. The molecule has 0 aliphatic carbocycles. The first-order valence-corrected chi connectivity index (χ1v) is 11.0. The van der Waals surface area contributed by atoms with Crippen molar-refractivity contribution in [2.45, 2.75) is 32.0 Å². The standard InChI is InChI=1S/C21H28N4O2S/c26-21(22-13-18-7-4-12-27-18)19-16-28-20(23-19)15-25-10-8-24(9-11-25)14-17-5-2-1-3-6-17/h1-3,5-6,16,18H,4,7-15H2,(H,22,26). The van der Waals surface area contributed by atoms with Crippen molar-refractivity contribution in [2.24, 2.45) is 0 Å². The number of rotatable bonds is 7. The first-order chi connectivity index (χ1) is 13.8. The molecule has 4 rings (SSSR count). The topological polar surface area (TPSA) is 57.7 Å². The van der Waals surface area contributed by atoms with Crippen molar-refractivity contribution in [3.63, 3.8) is 0 Å². The Bertz CT molecular complexity index is 753. The summed E-state index contributed by atoms with van der Waals surface area (Å²) in [6.07, 6.45) is 2.27. The third-order valence-electron chi connectivity index (χ3n) is 5.37. The van der Waals surface area contributed by atoms with Crippen molar-refractivity contribution in [3.8, 4) is 0 Å². The van der Waals surface area contributed by atoms with Crippen molar-refractivity contribution in [1.82, 2.24) is 20.1 Å². The van der Waals surface area contributed by atoms with Crippen LogP contribution in [-0.4, -0.2) is 66.1 Å². The van der Waals surface area contributed by atoms with E-state index in [-0.39, 0.29) is 12.0 Å². The minimum atomic E-state index is -0.0920. The molecule has 150 valence electrons. The number of amides is 1. The molecule has 1 unspecified atom stereocenters. The van der Waals surface area contributed by atoms with Gasteiger partial charge in [0.15, 0.2) is 0 Å². The minimum absolute atomic E-state index is 0.0920. The Morgan fingerprint density at radius 1 is 1.14 bits per heavy atom. The number of hydrogen-bond acceptors (Lipinski definition) is 6. The molecule has 3 heterocycles. The summed E-state index contributed by atoms with van der Waals surface area (Å²) in [6.45, 7) is 7.42. The Balaban J connectivity index is 1.20. The van der Waals surface area contributed by atoms with E-state index in [2.05, 4.69) is 50.4 Å². The zero-order valence-corrected chi connectivity index (χ0v) is 17.0. The van der Waals surface area contributed by atoms with Crippen LogP contribution in [0.4, 0.5) is 0 Å². The summed E-state index contributed by atoms with van der Waals surface area (Å²) in [4.78, 5) is 21.8. The van der Waals surface area contributed by atoms with Crippen LogP contribution in [0, 0.1) is 0 Å². The fourth-order valence-corrected chi connectivity index (χ4v) is 4.54. The van der Waals surface area contributed by atoms with Crippen molar-refractivity contribution in [2.75, 3.05) is 39.3 Å². The molecule has 0 radical (unpaired) electrons. The lowest BCUT2D eigenvalue weighted by Crippen LogP contribution is -2.45. The van der Waals surface area contributed by atoms with E-state index in [1.165, 1.54) is 5.56 Å². The van der Waals surface area contributed by atoms with Gasteiger partial charge in [-0.3, -0.25) is 14.6 Å². The smallest absolute Gasteiger partial charge is 0.270 e. The Morgan fingerprint density at radius 2 is 1.89 bits per heavy atom. The summed E-state index contributed by atoms with van der Waals surface area (Å²) in [5.41, 5.74) is 1.90. The van der Waals surface area contributed by atoms with Gasteiger partial charge in [0.2, 0.25) is 0 Å². The van der Waals surface area contributed by atoms with Crippen LogP contribution >= 0.6 is 11.3 Å². The third kappa shape index (κ3) is 5.38. The molecule has 7 heteroatoms. The largest absolute Gasteiger partial charge is 0.376 e. The second-order valence-corrected chi connectivity index (χ2v) is 8.45. The number of carbonyl (C=O) groups excluding carboxylic acids is 1. The number of nitrogens with zero attached hydrogens (tertiary/aromatic N) is 3. The third-order valence-corrected chi connectivity index (χ3v) is 6.21. The second-order valence-electron chi connectivity index (χ2n) is 7.51. The summed E-state index contributed by atoms with van der Waals surface area (Å²) in [7, 11) is 0.